The van der Waals surface area contributed by atoms with E-state index in [0.717, 1.165) is 30.3 Å². The molecule has 1 aromatic heterocycles. The first-order valence-corrected chi connectivity index (χ1v) is 9.05. The zero-order valence-electron chi connectivity index (χ0n) is 14.4. The van der Waals surface area contributed by atoms with Crippen LogP contribution in [0.25, 0.3) is 0 Å². The molecule has 1 aliphatic rings. The van der Waals surface area contributed by atoms with Gasteiger partial charge in [0.25, 0.3) is 0 Å². The Morgan fingerprint density at radius 3 is 2.88 bits per heavy atom. The fraction of sp³-hybridized carbons (Fsp3) is 0.421. The number of nitrogens with one attached hydrogen (secondary N) is 2. The average Bonchev–Trinajstić information content (AvgIpc) is 3.25. The van der Waals surface area contributed by atoms with E-state index in [4.69, 9.17) is 16.0 Å². The Hall–Kier alpha value is -2.14. The molecule has 3 rings (SSSR count). The van der Waals surface area contributed by atoms with Crippen LogP contribution in [0, 0.1) is 5.92 Å². The molecule has 1 aliphatic heterocycles. The summed E-state index contributed by atoms with van der Waals surface area (Å²) in [6.45, 7) is 4.61. The number of urea groups is 1. The van der Waals surface area contributed by atoms with Crippen LogP contribution in [0.5, 0.6) is 0 Å². The van der Waals surface area contributed by atoms with Crippen LogP contribution in [0.15, 0.2) is 47.1 Å². The summed E-state index contributed by atoms with van der Waals surface area (Å²) in [7, 11) is 0. The van der Waals surface area contributed by atoms with Crippen LogP contribution in [-0.4, -0.2) is 31.7 Å². The zero-order chi connectivity index (χ0) is 17.6. The molecule has 0 saturated carbocycles. The van der Waals surface area contributed by atoms with Crippen molar-refractivity contribution in [2.24, 2.45) is 5.92 Å². The topological polar surface area (TPSA) is 57.5 Å². The Bertz CT molecular complexity index is 672. The molecule has 0 spiro atoms. The van der Waals surface area contributed by atoms with E-state index < -0.39 is 0 Å². The van der Waals surface area contributed by atoms with Gasteiger partial charge in [0, 0.05) is 42.8 Å². The van der Waals surface area contributed by atoms with Crippen LogP contribution in [0.3, 0.4) is 0 Å². The molecule has 2 heterocycles. The molecule has 134 valence electrons. The van der Waals surface area contributed by atoms with Crippen molar-refractivity contribution in [3.63, 3.8) is 0 Å². The van der Waals surface area contributed by atoms with Crippen molar-refractivity contribution in [2.75, 3.05) is 24.5 Å². The van der Waals surface area contributed by atoms with E-state index in [9.17, 15) is 4.79 Å². The summed E-state index contributed by atoms with van der Waals surface area (Å²) < 4.78 is 5.30. The summed E-state index contributed by atoms with van der Waals surface area (Å²) in [6, 6.07) is 11.6. The van der Waals surface area contributed by atoms with Crippen LogP contribution in [0.4, 0.5) is 10.5 Å². The minimum Gasteiger partial charge on any atom is -0.469 e. The molecular weight excluding hydrogens is 338 g/mol. The highest BCUT2D eigenvalue weighted by molar-refractivity contribution is 6.30. The fourth-order valence-electron chi connectivity index (χ4n) is 3.18. The summed E-state index contributed by atoms with van der Waals surface area (Å²) in [5.41, 5.74) is 1.18. The van der Waals surface area contributed by atoms with Crippen LogP contribution in [0.1, 0.15) is 19.1 Å². The maximum Gasteiger partial charge on any atom is 0.315 e. The number of halogens is 1. The van der Waals surface area contributed by atoms with Gasteiger partial charge in [0.15, 0.2) is 0 Å². The van der Waals surface area contributed by atoms with Crippen molar-refractivity contribution in [3.05, 3.63) is 53.4 Å². The Balaban J connectivity index is 1.38. The van der Waals surface area contributed by atoms with Gasteiger partial charge in [-0.2, -0.15) is 0 Å². The summed E-state index contributed by atoms with van der Waals surface area (Å²) in [4.78, 5) is 14.4. The van der Waals surface area contributed by atoms with Gasteiger partial charge in [-0.1, -0.05) is 11.6 Å². The predicted molar refractivity (Wildman–Crippen MR) is 100 cm³/mol. The molecule has 2 unspecified atom stereocenters. The minimum atomic E-state index is -0.121. The number of amides is 2. The number of carbonyl (C=O) groups excluding carboxylic acids is 1. The number of rotatable bonds is 6. The van der Waals surface area contributed by atoms with Crippen LogP contribution in [-0.2, 0) is 6.42 Å². The maximum absolute atomic E-state index is 12.0. The molecule has 1 aromatic carbocycles. The van der Waals surface area contributed by atoms with Gasteiger partial charge in [0.2, 0.25) is 0 Å². The van der Waals surface area contributed by atoms with Gasteiger partial charge >= 0.3 is 6.03 Å². The second-order valence-electron chi connectivity index (χ2n) is 6.62. The third-order valence-electron chi connectivity index (χ3n) is 4.49. The molecule has 2 N–H and O–H groups in total. The smallest absolute Gasteiger partial charge is 0.315 e. The van der Waals surface area contributed by atoms with Gasteiger partial charge in [-0.3, -0.25) is 0 Å². The monoisotopic (exact) mass is 361 g/mol. The highest BCUT2D eigenvalue weighted by atomic mass is 35.5. The largest absolute Gasteiger partial charge is 0.469 e. The second-order valence-corrected chi connectivity index (χ2v) is 7.05. The molecular formula is C19H24ClN3O2. The van der Waals surface area contributed by atoms with Gasteiger partial charge in [-0.25, -0.2) is 4.79 Å². The van der Waals surface area contributed by atoms with Crippen LogP contribution < -0.4 is 15.5 Å². The molecule has 1 saturated heterocycles. The summed E-state index contributed by atoms with van der Waals surface area (Å²) in [5.74, 6) is 1.34. The molecule has 2 atom stereocenters. The van der Waals surface area contributed by atoms with Gasteiger partial charge in [0.05, 0.1) is 6.26 Å². The minimum absolute atomic E-state index is 0.0280. The first-order valence-electron chi connectivity index (χ1n) is 8.67. The lowest BCUT2D eigenvalue weighted by Gasteiger charge is -2.19. The SMILES string of the molecule is CC(Cc1ccco1)NC(=O)NCC1CCN(c2ccc(Cl)cc2)C1. The Labute approximate surface area is 153 Å². The zero-order valence-corrected chi connectivity index (χ0v) is 15.1. The van der Waals surface area contributed by atoms with E-state index in [1.807, 2.05) is 43.3 Å². The van der Waals surface area contributed by atoms with Crippen molar-refractivity contribution in [2.45, 2.75) is 25.8 Å². The average molecular weight is 362 g/mol. The summed E-state index contributed by atoms with van der Waals surface area (Å²) in [6.07, 6.45) is 3.41. The first kappa shape index (κ1) is 17.7. The van der Waals surface area contributed by atoms with E-state index in [0.29, 0.717) is 18.9 Å². The standard InChI is InChI=1S/C19H24ClN3O2/c1-14(11-18-3-2-10-25-18)22-19(24)21-12-15-8-9-23(13-15)17-6-4-16(20)5-7-17/h2-7,10,14-15H,8-9,11-13H2,1H3,(H2,21,22,24). The van der Waals surface area contributed by atoms with Gasteiger partial charge in [-0.15, -0.1) is 0 Å². The lowest BCUT2D eigenvalue weighted by molar-refractivity contribution is 0.235. The van der Waals surface area contributed by atoms with Gasteiger partial charge < -0.3 is 20.0 Å². The Morgan fingerprint density at radius 1 is 1.36 bits per heavy atom. The highest BCUT2D eigenvalue weighted by Crippen LogP contribution is 2.24. The quantitative estimate of drug-likeness (QED) is 0.825. The molecule has 25 heavy (non-hydrogen) atoms. The number of hydrogen-bond donors (Lipinski definition) is 2. The van der Waals surface area contributed by atoms with E-state index in [1.165, 1.54) is 5.69 Å². The van der Waals surface area contributed by atoms with Crippen LogP contribution >= 0.6 is 11.6 Å². The summed E-state index contributed by atoms with van der Waals surface area (Å²) >= 11 is 5.94. The number of anilines is 1. The maximum atomic E-state index is 12.0. The Kier molecular flexibility index (Phi) is 5.87. The molecule has 6 heteroatoms. The number of hydrogen-bond acceptors (Lipinski definition) is 3. The van der Waals surface area contributed by atoms with Crippen molar-refractivity contribution >= 4 is 23.3 Å². The molecule has 1 fully saturated rings. The van der Waals surface area contributed by atoms with Crippen molar-refractivity contribution in [1.82, 2.24) is 10.6 Å². The molecule has 5 nitrogen and oxygen atoms in total. The highest BCUT2D eigenvalue weighted by Gasteiger charge is 2.23. The Morgan fingerprint density at radius 2 is 2.16 bits per heavy atom. The summed E-state index contributed by atoms with van der Waals surface area (Å²) in [5, 5.41) is 6.69. The normalized spacial score (nSPS) is 18.2. The van der Waals surface area contributed by atoms with Crippen molar-refractivity contribution in [3.8, 4) is 0 Å². The lowest BCUT2D eigenvalue weighted by Crippen LogP contribution is -2.43. The molecule has 2 aromatic rings. The van der Waals surface area contributed by atoms with E-state index >= 15 is 0 Å². The van der Waals surface area contributed by atoms with Crippen LogP contribution in [0.2, 0.25) is 5.02 Å². The number of carbonyl (C=O) groups is 1. The third-order valence-corrected chi connectivity index (χ3v) is 4.75. The van der Waals surface area contributed by atoms with Gasteiger partial charge in [0.1, 0.15) is 5.76 Å². The number of nitrogens with zero attached hydrogens (tertiary/aromatic N) is 1. The van der Waals surface area contributed by atoms with Gasteiger partial charge in [-0.05, 0) is 55.7 Å². The predicted octanol–water partition coefficient (Wildman–Crippen LogP) is 3.69. The number of furan rings is 1. The second kappa shape index (κ2) is 8.30. The molecule has 0 aliphatic carbocycles. The molecule has 0 radical (unpaired) electrons. The van der Waals surface area contributed by atoms with E-state index in [1.54, 1.807) is 6.26 Å². The first-order chi connectivity index (χ1) is 12.1. The molecule has 0 bridgehead atoms. The van der Waals surface area contributed by atoms with Crippen molar-refractivity contribution < 1.29 is 9.21 Å². The van der Waals surface area contributed by atoms with Crippen molar-refractivity contribution in [1.29, 1.82) is 0 Å². The molecule has 2 amide bonds. The van der Waals surface area contributed by atoms with E-state index in [-0.39, 0.29) is 12.1 Å². The lowest BCUT2D eigenvalue weighted by atomic mass is 10.1. The number of benzene rings is 1. The fourth-order valence-corrected chi connectivity index (χ4v) is 3.31. The van der Waals surface area contributed by atoms with E-state index in [2.05, 4.69) is 15.5 Å². The third kappa shape index (κ3) is 5.16.